The Morgan fingerprint density at radius 2 is 0.379 bits per heavy atom. The van der Waals surface area contributed by atoms with Gasteiger partial charge in [-0.15, -0.1) is 0 Å². The van der Waals surface area contributed by atoms with Gasteiger partial charge in [0, 0.05) is 66.7 Å². The number of ether oxygens (including phenoxy) is 25. The largest absolute Gasteiger partial charge is 0.498 e. The molecule has 0 aliphatic heterocycles. The fourth-order valence-electron chi connectivity index (χ4n) is 12.1. The van der Waals surface area contributed by atoms with E-state index in [1.165, 1.54) is 13.8 Å². The maximum absolute atomic E-state index is 10.8. The predicted molar refractivity (Wildman–Crippen MR) is 580 cm³/mol. The van der Waals surface area contributed by atoms with Gasteiger partial charge >= 0.3 is 11.9 Å². The van der Waals surface area contributed by atoms with Crippen molar-refractivity contribution in [1.82, 2.24) is 0 Å². The first-order chi connectivity index (χ1) is 70.5. The van der Waals surface area contributed by atoms with Crippen LogP contribution >= 0.6 is 0 Å². The Kier molecular flexibility index (Phi) is 96.5. The van der Waals surface area contributed by atoms with Gasteiger partial charge in [-0.25, -0.2) is 0 Å². The van der Waals surface area contributed by atoms with E-state index in [4.69, 9.17) is 114 Å². The number of unbranched alkanes of at least 4 members (excludes halogenated alkanes) is 8. The number of benzene rings is 4. The molecule has 0 aliphatic carbocycles. The van der Waals surface area contributed by atoms with Gasteiger partial charge in [0.25, 0.3) is 0 Å². The molecule has 0 fully saturated rings. The van der Waals surface area contributed by atoms with Gasteiger partial charge in [-0.3, -0.25) is 9.59 Å². The average Bonchev–Trinajstić information content (AvgIpc) is 0.815. The molecule has 0 amide bonds. The molecule has 0 saturated heterocycles. The van der Waals surface area contributed by atoms with E-state index >= 15 is 0 Å². The van der Waals surface area contributed by atoms with Gasteiger partial charge in [0.2, 0.25) is 0 Å². The molecule has 145 heavy (non-hydrogen) atoms. The van der Waals surface area contributed by atoms with Crippen molar-refractivity contribution in [1.29, 1.82) is 0 Å². The first kappa shape index (κ1) is 138. The fourth-order valence-corrected chi connectivity index (χ4v) is 12.1. The predicted octanol–water partition coefficient (Wildman–Crippen LogP) is 21.2. The monoisotopic (exact) mass is 2050 g/mol. The Balaban J connectivity index is 0.00000186. The topological polar surface area (TPSA) is 305 Å². The molecular weight excluding hydrogens is 1860 g/mol. The molecule has 4 aromatic carbocycles. The van der Waals surface area contributed by atoms with Crippen LogP contribution in [0.25, 0.3) is 33.4 Å². The third-order valence-electron chi connectivity index (χ3n) is 21.0. The van der Waals surface area contributed by atoms with Crippen LogP contribution in [0.3, 0.4) is 0 Å². The van der Waals surface area contributed by atoms with Crippen LogP contribution < -0.4 is 0 Å². The highest BCUT2D eigenvalue weighted by Crippen LogP contribution is 2.28. The van der Waals surface area contributed by atoms with Crippen LogP contribution in [0.2, 0.25) is 0 Å². The van der Waals surface area contributed by atoms with Gasteiger partial charge < -0.3 is 129 Å². The lowest BCUT2D eigenvalue weighted by Crippen LogP contribution is -2.30. The Hall–Kier alpha value is -7.06. The molecule has 0 aromatic heterocycles. The number of rotatable bonds is 93. The zero-order chi connectivity index (χ0) is 106. The number of allylic oxidation sites excluding steroid dienone is 3. The van der Waals surface area contributed by atoms with Crippen molar-refractivity contribution >= 4 is 45.4 Å². The fraction of sp³-hybridized carbons (Fsp3) is 0.672. The molecule has 29 heteroatoms. The van der Waals surface area contributed by atoms with E-state index in [2.05, 4.69) is 128 Å². The summed E-state index contributed by atoms with van der Waals surface area (Å²) in [4.78, 5) is 19.6. The SMILES string of the molecule is C=C(COCCOCCOCCCC)c1ccc(C(=C)COCCOCCOCCCC)cc1.C=C(COCCOCCOCCCC)c1ccc(C(C)=COCCOCCOCCCC)cc1.CC(=O)OC(C)=O.CCCCOCCOCCOC=C(C)c1ccc(C(C)=COCCOCCOCCCC)cc1.CCCCOCCOCCOCC(C)(O)c1ccc(C(C)(O)COCCOCCOCCCC)cc1. The van der Waals surface area contributed by atoms with E-state index in [-0.39, 0.29) is 13.2 Å². The maximum atomic E-state index is 10.8. The van der Waals surface area contributed by atoms with Gasteiger partial charge in [0.1, 0.15) is 31.0 Å². The Morgan fingerprint density at radius 3 is 0.545 bits per heavy atom. The van der Waals surface area contributed by atoms with E-state index in [1.807, 2.05) is 45.0 Å². The van der Waals surface area contributed by atoms with Crippen molar-refractivity contribution in [3.63, 3.8) is 0 Å². The minimum Gasteiger partial charge on any atom is -0.498 e. The number of hydrogen-bond acceptors (Lipinski definition) is 29. The average molecular weight is 2050 g/mol. The summed E-state index contributed by atoms with van der Waals surface area (Å²) in [5, 5.41) is 21.6. The van der Waals surface area contributed by atoms with Crippen LogP contribution in [0.4, 0.5) is 0 Å². The second-order valence-electron chi connectivity index (χ2n) is 34.7. The molecule has 0 aliphatic rings. The number of esters is 2. The first-order valence-electron chi connectivity index (χ1n) is 53.1. The van der Waals surface area contributed by atoms with E-state index in [0.717, 1.165) is 222 Å². The van der Waals surface area contributed by atoms with Gasteiger partial charge in [-0.05, 0) is 164 Å². The number of aliphatic hydroxyl groups is 2. The summed E-state index contributed by atoms with van der Waals surface area (Å²) in [6, 6.07) is 32.0. The number of carbonyl (C=O) groups excluding carboxylic acids is 2. The van der Waals surface area contributed by atoms with Crippen LogP contribution in [-0.4, -0.2) is 319 Å². The highest BCUT2D eigenvalue weighted by Gasteiger charge is 2.28. The molecule has 2 unspecified atom stereocenters. The molecule has 2 atom stereocenters. The molecular formula is C116H194O29. The molecule has 832 valence electrons. The quantitative estimate of drug-likeness (QED) is 0.0180. The maximum Gasteiger partial charge on any atom is 0.310 e. The lowest BCUT2D eigenvalue weighted by molar-refractivity contribution is -0.156. The zero-order valence-electron chi connectivity index (χ0n) is 92.1. The highest BCUT2D eigenvalue weighted by molar-refractivity contribution is 5.82. The summed E-state index contributed by atoms with van der Waals surface area (Å²) in [6.45, 7) is 67.5. The standard InChI is InChI=1S/C28H50O8.3C28H46O6.C4H6O3/c1-5-7-13-31-15-17-33-19-21-35-23-27(3,29)25-9-11-26(12-10-25)28(4,30)24-36-22-20-34-18-16-32-14-8-6-2;3*1-5-7-13-29-15-17-31-19-21-33-23-25(3)27-9-11-28(12-10-27)26(4)24-34-22-20-32-18-16-30-14-8-6-2;1-3(5)7-4(2)6/h9-12,29-30H,5-8,13-24H2,1-4H3;9-12,23-24H,5-8,13-22H2,1-4H3;9-12,24H,3,5-8,13-23H2,1-2,4H3;9-12H,3-8,13-24H2,1-2H3;1-2H3. The van der Waals surface area contributed by atoms with Crippen molar-refractivity contribution in [3.05, 3.63) is 180 Å². The van der Waals surface area contributed by atoms with Crippen molar-refractivity contribution in [2.45, 2.75) is 218 Å². The van der Waals surface area contributed by atoms with Gasteiger partial charge in [0.05, 0.1) is 243 Å². The number of hydrogen-bond donors (Lipinski definition) is 2. The van der Waals surface area contributed by atoms with E-state index in [9.17, 15) is 19.8 Å². The summed E-state index contributed by atoms with van der Waals surface area (Å²) in [5.41, 5.74) is 11.7. The van der Waals surface area contributed by atoms with E-state index < -0.39 is 23.1 Å². The Labute approximate surface area is 874 Å². The highest BCUT2D eigenvalue weighted by atomic mass is 16.6. The van der Waals surface area contributed by atoms with E-state index in [1.54, 1.807) is 56.9 Å². The molecule has 2 N–H and O–H groups in total. The molecule has 0 saturated carbocycles. The Bertz CT molecular complexity index is 3520. The minimum atomic E-state index is -1.15. The lowest BCUT2D eigenvalue weighted by atomic mass is 9.91. The number of carbonyl (C=O) groups is 2. The normalized spacial score (nSPS) is 12.3. The minimum absolute atomic E-state index is 0.145. The second kappa shape index (κ2) is 101. The van der Waals surface area contributed by atoms with Crippen LogP contribution in [-0.2, 0) is 139 Å². The van der Waals surface area contributed by atoms with Crippen molar-refractivity contribution in [3.8, 4) is 0 Å². The molecule has 0 radical (unpaired) electrons. The van der Waals surface area contributed by atoms with Crippen LogP contribution in [0.5, 0.6) is 0 Å². The summed E-state index contributed by atoms with van der Waals surface area (Å²) in [7, 11) is 0. The molecule has 0 bridgehead atoms. The van der Waals surface area contributed by atoms with Crippen LogP contribution in [0.15, 0.2) is 136 Å². The van der Waals surface area contributed by atoms with Crippen LogP contribution in [0.1, 0.15) is 251 Å². The molecule has 0 heterocycles. The summed E-state index contributed by atoms with van der Waals surface area (Å²) in [6.07, 6.45) is 23.2. The van der Waals surface area contributed by atoms with Crippen molar-refractivity contribution in [2.24, 2.45) is 0 Å². The molecule has 4 rings (SSSR count). The second-order valence-corrected chi connectivity index (χ2v) is 34.7. The third-order valence-corrected chi connectivity index (χ3v) is 21.0. The van der Waals surface area contributed by atoms with Crippen LogP contribution in [0, 0.1) is 0 Å². The summed E-state index contributed by atoms with van der Waals surface area (Å²) >= 11 is 0. The summed E-state index contributed by atoms with van der Waals surface area (Å²) in [5.74, 6) is -1.12. The van der Waals surface area contributed by atoms with Crippen molar-refractivity contribution in [2.75, 3.05) is 297 Å². The summed E-state index contributed by atoms with van der Waals surface area (Å²) < 4.78 is 137. The smallest absolute Gasteiger partial charge is 0.310 e. The Morgan fingerprint density at radius 1 is 0.228 bits per heavy atom. The van der Waals surface area contributed by atoms with Gasteiger partial charge in [-0.2, -0.15) is 0 Å². The van der Waals surface area contributed by atoms with Gasteiger partial charge in [0.15, 0.2) is 0 Å². The van der Waals surface area contributed by atoms with Crippen molar-refractivity contribution < 1.29 is 138 Å². The molecule has 4 aromatic rings. The first-order valence-corrected chi connectivity index (χ1v) is 53.1. The zero-order valence-corrected chi connectivity index (χ0v) is 92.1. The molecule has 0 spiro atoms. The van der Waals surface area contributed by atoms with Gasteiger partial charge in [-0.1, -0.05) is 224 Å². The van der Waals surface area contributed by atoms with E-state index in [0.29, 0.717) is 242 Å². The molecule has 29 nitrogen and oxygen atoms in total. The third kappa shape index (κ3) is 85.3. The lowest BCUT2D eigenvalue weighted by Gasteiger charge is -2.27.